The van der Waals surface area contributed by atoms with E-state index in [1.807, 2.05) is 12.1 Å². The van der Waals surface area contributed by atoms with E-state index in [0.29, 0.717) is 18.7 Å². The van der Waals surface area contributed by atoms with Gasteiger partial charge in [-0.05, 0) is 0 Å². The van der Waals surface area contributed by atoms with Crippen molar-refractivity contribution in [2.75, 3.05) is 13.6 Å². The van der Waals surface area contributed by atoms with Gasteiger partial charge in [0.25, 0.3) is 0 Å². The molecule has 1 aliphatic rings. The molecular weight excluding hydrogens is 399 g/mol. The Balaban J connectivity index is 1.96. The Hall–Kier alpha value is -1.34. The van der Waals surface area contributed by atoms with Gasteiger partial charge in [-0.3, -0.25) is 0 Å². The van der Waals surface area contributed by atoms with E-state index in [9.17, 15) is 9.90 Å². The molecule has 1 aromatic heterocycles. The zero-order chi connectivity index (χ0) is 16.8. The monoisotopic (exact) mass is 422 g/mol. The maximum atomic E-state index is 12.2. The van der Waals surface area contributed by atoms with E-state index in [1.54, 1.807) is 13.1 Å². The van der Waals surface area contributed by atoms with Crippen LogP contribution in [0.4, 0.5) is 0 Å². The molecule has 1 aromatic carbocycles. The van der Waals surface area contributed by atoms with Crippen LogP contribution in [0.25, 0.3) is 11.3 Å². The topological polar surface area (TPSA) is 66.6 Å². The predicted molar refractivity (Wildman–Crippen MR) is 91.1 cm³/mol. The molecule has 1 aliphatic heterocycles. The molecule has 0 radical (unpaired) electrons. The maximum absolute atomic E-state index is 12.2. The summed E-state index contributed by atoms with van der Waals surface area (Å²) in [5.74, 6) is -0.105. The Labute approximate surface area is 140 Å². The Morgan fingerprint density at radius 2 is 2.04 bits per heavy atom. The van der Waals surface area contributed by atoms with Crippen molar-refractivity contribution in [1.29, 1.82) is 0 Å². The van der Waals surface area contributed by atoms with E-state index in [4.69, 9.17) is 4.52 Å². The van der Waals surface area contributed by atoms with Crippen molar-refractivity contribution in [3.05, 3.63) is 36.1 Å². The first-order valence-electron chi connectivity index (χ1n) is 7.78. The summed E-state index contributed by atoms with van der Waals surface area (Å²) in [6.45, 7) is 0.513. The molecule has 1 N–H and O–H groups in total. The van der Waals surface area contributed by atoms with Crippen LogP contribution >= 0.6 is 0 Å². The second-order valence-electron chi connectivity index (χ2n) is 7.24. The molecule has 6 heteroatoms. The normalized spacial score (nSPS) is 22.0. The fourth-order valence-corrected chi connectivity index (χ4v) is 6.21. The summed E-state index contributed by atoms with van der Waals surface area (Å²) < 4.78 is 6.72. The molecule has 1 saturated heterocycles. The minimum atomic E-state index is -2.16. The second kappa shape index (κ2) is 5.63. The van der Waals surface area contributed by atoms with Gasteiger partial charge in [0.1, 0.15) is 0 Å². The van der Waals surface area contributed by atoms with Crippen molar-refractivity contribution in [2.24, 2.45) is 0 Å². The van der Waals surface area contributed by atoms with Gasteiger partial charge in [0, 0.05) is 0 Å². The zero-order valence-electron chi connectivity index (χ0n) is 14.0. The van der Waals surface area contributed by atoms with Gasteiger partial charge in [-0.25, -0.2) is 0 Å². The number of carbonyl (C=O) groups is 1. The van der Waals surface area contributed by atoms with Crippen molar-refractivity contribution in [1.82, 2.24) is 10.1 Å². The first-order valence-corrected chi connectivity index (χ1v) is 17.8. The number of carbonyl (C=O) groups excluding carboxylic acids is 1. The average molecular weight is 421 g/mol. The second-order valence-corrected chi connectivity index (χ2v) is 21.7. The molecule has 1 fully saturated rings. The van der Waals surface area contributed by atoms with Crippen molar-refractivity contribution in [2.45, 2.75) is 26.8 Å². The molecule has 5 nitrogen and oxygen atoms in total. The van der Waals surface area contributed by atoms with Gasteiger partial charge in [-0.1, -0.05) is 0 Å². The van der Waals surface area contributed by atoms with E-state index >= 15 is 0 Å². The molecule has 2 heterocycles. The summed E-state index contributed by atoms with van der Waals surface area (Å²) in [7, 11) is 1.68. The molecule has 0 saturated carbocycles. The van der Waals surface area contributed by atoms with Crippen LogP contribution in [0.3, 0.4) is 0 Å². The van der Waals surface area contributed by atoms with Crippen LogP contribution in [0.2, 0.25) is 14.8 Å². The number of nitrogens with zero attached hydrogens (tertiary/aromatic N) is 2. The summed E-state index contributed by atoms with van der Waals surface area (Å²) in [4.78, 5) is 20.7. The van der Waals surface area contributed by atoms with Crippen LogP contribution in [0.15, 0.2) is 34.9 Å². The van der Waals surface area contributed by atoms with Crippen LogP contribution in [0.1, 0.15) is 12.2 Å². The van der Waals surface area contributed by atoms with Crippen LogP contribution in [-0.4, -0.2) is 53.0 Å². The number of hydrogen-bond donors (Lipinski definition) is 1. The number of aliphatic hydroxyl groups is 1. The SMILES string of the molecule is CN1CC[C@@](O)(c2cc(-c3ccc[c]([Sn]([CH3])([CH3])[CH3])c3)no2)C1=O. The number of rotatable bonds is 3. The Morgan fingerprint density at radius 3 is 2.65 bits per heavy atom. The van der Waals surface area contributed by atoms with E-state index in [0.717, 1.165) is 5.56 Å². The van der Waals surface area contributed by atoms with Crippen LogP contribution in [0, 0.1) is 0 Å². The summed E-state index contributed by atoms with van der Waals surface area (Å²) in [6, 6.07) is 10.0. The summed E-state index contributed by atoms with van der Waals surface area (Å²) in [5, 5.41) is 14.7. The van der Waals surface area contributed by atoms with Gasteiger partial charge in [-0.15, -0.1) is 0 Å². The van der Waals surface area contributed by atoms with Crippen molar-refractivity contribution in [3.8, 4) is 11.3 Å². The van der Waals surface area contributed by atoms with Crippen LogP contribution in [-0.2, 0) is 10.4 Å². The third-order valence-electron chi connectivity index (χ3n) is 4.45. The van der Waals surface area contributed by atoms with Crippen LogP contribution in [0.5, 0.6) is 0 Å². The molecule has 1 atom stereocenters. The Morgan fingerprint density at radius 1 is 1.30 bits per heavy atom. The molecule has 0 unspecified atom stereocenters. The number of amides is 1. The van der Waals surface area contributed by atoms with E-state index < -0.39 is 24.0 Å². The molecule has 3 rings (SSSR count). The average Bonchev–Trinajstić information content (AvgIpc) is 3.09. The fourth-order valence-electron chi connectivity index (χ4n) is 2.83. The van der Waals surface area contributed by atoms with Gasteiger partial charge >= 0.3 is 140 Å². The molecule has 23 heavy (non-hydrogen) atoms. The molecule has 0 spiro atoms. The summed E-state index contributed by atoms with van der Waals surface area (Å²) >= 11 is -2.16. The molecule has 0 bridgehead atoms. The Bertz CT molecular complexity index is 750. The number of benzene rings is 1. The zero-order valence-corrected chi connectivity index (χ0v) is 16.8. The van der Waals surface area contributed by atoms with Crippen LogP contribution < -0.4 is 3.58 Å². The van der Waals surface area contributed by atoms with Crippen molar-refractivity contribution >= 4 is 27.9 Å². The molecule has 0 aliphatic carbocycles. The standard InChI is InChI=1S/C14H13N2O3.3CH3.Sn/c1-16-8-7-14(18,13(16)17)12-9-11(15-19-12)10-5-3-2-4-6-10;;;;/h2-3,5-6,9,18H,7-8H2,1H3;3*1H3;/t14-;;;;/m1..../s1. The molecule has 2 aromatic rings. The summed E-state index contributed by atoms with van der Waals surface area (Å²) in [6.07, 6.45) is 0.329. The first kappa shape index (κ1) is 16.5. The van der Waals surface area contributed by atoms with Gasteiger partial charge < -0.3 is 0 Å². The number of likely N-dealkylation sites (tertiary alicyclic amines) is 1. The minimum absolute atomic E-state index is 0.228. The number of hydrogen-bond acceptors (Lipinski definition) is 4. The molecule has 122 valence electrons. The van der Waals surface area contributed by atoms with E-state index in [2.05, 4.69) is 32.1 Å². The van der Waals surface area contributed by atoms with Gasteiger partial charge in [-0.2, -0.15) is 0 Å². The molecule has 1 amide bonds. The Kier molecular flexibility index (Phi) is 4.04. The first-order chi connectivity index (χ1) is 10.7. The third-order valence-corrected chi connectivity index (χ3v) is 10.3. The number of likely N-dealkylation sites (N-methyl/N-ethyl adjacent to an activating group) is 1. The quantitative estimate of drug-likeness (QED) is 0.770. The van der Waals surface area contributed by atoms with E-state index in [-0.39, 0.29) is 11.7 Å². The predicted octanol–water partition coefficient (Wildman–Crippen LogP) is 1.94. The van der Waals surface area contributed by atoms with Gasteiger partial charge in [0.05, 0.1) is 0 Å². The fraction of sp³-hybridized carbons (Fsp3) is 0.412. The summed E-state index contributed by atoms with van der Waals surface area (Å²) in [5.41, 5.74) is 0.0422. The van der Waals surface area contributed by atoms with Crippen molar-refractivity contribution in [3.63, 3.8) is 0 Å². The third kappa shape index (κ3) is 2.92. The number of aromatic nitrogens is 1. The van der Waals surface area contributed by atoms with Gasteiger partial charge in [0.15, 0.2) is 0 Å². The van der Waals surface area contributed by atoms with Gasteiger partial charge in [0.2, 0.25) is 0 Å². The van der Waals surface area contributed by atoms with E-state index in [1.165, 1.54) is 8.48 Å². The molecular formula is C17H22N2O3Sn. The van der Waals surface area contributed by atoms with Crippen molar-refractivity contribution < 1.29 is 14.4 Å².